The molecule has 3 aromatic carbocycles. The Labute approximate surface area is 193 Å². The average Bonchev–Trinajstić information content (AvgIpc) is 3.06. The lowest BCUT2D eigenvalue weighted by atomic mass is 9.95. The van der Waals surface area contributed by atoms with Crippen LogP contribution in [0.15, 0.2) is 72.3 Å². The second-order valence-electron chi connectivity index (χ2n) is 7.09. The molecule has 6 nitrogen and oxygen atoms in total. The van der Waals surface area contributed by atoms with Gasteiger partial charge in [-0.15, -0.1) is 0 Å². The molecule has 1 fully saturated rings. The lowest BCUT2D eigenvalue weighted by Gasteiger charge is -2.26. The van der Waals surface area contributed by atoms with E-state index in [1.165, 1.54) is 36.3 Å². The Bertz CT molecular complexity index is 1270. The molecule has 162 valence electrons. The number of aliphatic hydroxyl groups excluding tert-OH is 1. The van der Waals surface area contributed by atoms with Crippen molar-refractivity contribution in [3.8, 4) is 11.5 Å². The van der Waals surface area contributed by atoms with Crippen molar-refractivity contribution < 1.29 is 24.5 Å². The van der Waals surface area contributed by atoms with Crippen molar-refractivity contribution in [2.75, 3.05) is 12.0 Å². The zero-order valence-corrected chi connectivity index (χ0v) is 18.3. The lowest BCUT2D eigenvalue weighted by molar-refractivity contribution is -0.132. The maximum absolute atomic E-state index is 13.1. The van der Waals surface area contributed by atoms with Gasteiger partial charge < -0.3 is 14.9 Å². The van der Waals surface area contributed by atoms with E-state index >= 15 is 0 Å². The number of phenolic OH excluding ortho intramolecular Hbond substituents is 1. The Morgan fingerprint density at radius 3 is 2.41 bits per heavy atom. The number of hydrogen-bond acceptors (Lipinski definition) is 5. The summed E-state index contributed by atoms with van der Waals surface area (Å²) in [5.41, 5.74) is 0.931. The standard InChI is InChI=1S/C24H17Cl2NO5/c1-32-17-7-3-5-14(11-17)22(29)20-21(13-4-2-6-16(28)10-13)27(24(31)23(20)30)15-8-9-18(25)19(26)12-15/h2-12,21,28-29H,1H3/b22-20+. The van der Waals surface area contributed by atoms with E-state index in [1.54, 1.807) is 42.5 Å². The number of nitrogens with zero attached hydrogens (tertiary/aromatic N) is 1. The molecule has 1 amide bonds. The van der Waals surface area contributed by atoms with Crippen molar-refractivity contribution in [1.82, 2.24) is 0 Å². The molecular weight excluding hydrogens is 453 g/mol. The minimum Gasteiger partial charge on any atom is -0.508 e. The third-order valence-corrected chi connectivity index (χ3v) is 5.89. The van der Waals surface area contributed by atoms with Crippen LogP contribution in [-0.2, 0) is 9.59 Å². The Morgan fingerprint density at radius 2 is 1.72 bits per heavy atom. The summed E-state index contributed by atoms with van der Waals surface area (Å²) in [6.07, 6.45) is 0. The van der Waals surface area contributed by atoms with Crippen molar-refractivity contribution in [2.24, 2.45) is 0 Å². The van der Waals surface area contributed by atoms with Crippen LogP contribution in [-0.4, -0.2) is 29.0 Å². The molecule has 0 aromatic heterocycles. The summed E-state index contributed by atoms with van der Waals surface area (Å²) in [5.74, 6) is -1.66. The molecule has 0 spiro atoms. The maximum Gasteiger partial charge on any atom is 0.300 e. The van der Waals surface area contributed by atoms with Crippen molar-refractivity contribution >= 4 is 46.3 Å². The van der Waals surface area contributed by atoms with Gasteiger partial charge in [-0.05, 0) is 48.0 Å². The zero-order chi connectivity index (χ0) is 23.0. The monoisotopic (exact) mass is 469 g/mol. The first-order chi connectivity index (χ1) is 15.3. The number of hydrogen-bond donors (Lipinski definition) is 2. The number of methoxy groups -OCH3 is 1. The molecule has 1 atom stereocenters. The van der Waals surface area contributed by atoms with E-state index in [0.29, 0.717) is 22.6 Å². The molecule has 1 heterocycles. The minimum atomic E-state index is -1.01. The number of halogens is 2. The van der Waals surface area contributed by atoms with Gasteiger partial charge in [0.25, 0.3) is 11.7 Å². The van der Waals surface area contributed by atoms with Crippen molar-refractivity contribution in [3.63, 3.8) is 0 Å². The van der Waals surface area contributed by atoms with Crippen LogP contribution in [0.1, 0.15) is 17.2 Å². The van der Waals surface area contributed by atoms with Gasteiger partial charge in [-0.2, -0.15) is 0 Å². The first-order valence-electron chi connectivity index (χ1n) is 9.51. The number of rotatable bonds is 4. The van der Waals surface area contributed by atoms with E-state index in [0.717, 1.165) is 0 Å². The summed E-state index contributed by atoms with van der Waals surface area (Å²) in [6, 6.07) is 16.2. The molecule has 0 aliphatic carbocycles. The Balaban J connectivity index is 1.96. The third-order valence-electron chi connectivity index (χ3n) is 5.15. The second-order valence-corrected chi connectivity index (χ2v) is 7.91. The van der Waals surface area contributed by atoms with Gasteiger partial charge in [-0.1, -0.05) is 47.5 Å². The predicted octanol–water partition coefficient (Wildman–Crippen LogP) is 5.33. The van der Waals surface area contributed by atoms with E-state index in [2.05, 4.69) is 0 Å². The Kier molecular flexibility index (Phi) is 5.82. The third kappa shape index (κ3) is 3.79. The van der Waals surface area contributed by atoms with Crippen LogP contribution in [0, 0.1) is 0 Å². The van der Waals surface area contributed by atoms with Gasteiger partial charge in [-0.3, -0.25) is 14.5 Å². The first-order valence-corrected chi connectivity index (χ1v) is 10.3. The summed E-state index contributed by atoms with van der Waals surface area (Å²) in [4.78, 5) is 27.5. The summed E-state index contributed by atoms with van der Waals surface area (Å²) < 4.78 is 5.20. The molecule has 8 heteroatoms. The van der Waals surface area contributed by atoms with Gasteiger partial charge in [-0.25, -0.2) is 0 Å². The van der Waals surface area contributed by atoms with Crippen LogP contribution in [0.25, 0.3) is 5.76 Å². The molecule has 0 bridgehead atoms. The van der Waals surface area contributed by atoms with Crippen LogP contribution in [0.3, 0.4) is 0 Å². The van der Waals surface area contributed by atoms with E-state index in [4.69, 9.17) is 27.9 Å². The molecule has 2 N–H and O–H groups in total. The fraction of sp³-hybridized carbons (Fsp3) is 0.0833. The first kappa shape index (κ1) is 21.7. The number of phenols is 1. The zero-order valence-electron chi connectivity index (χ0n) is 16.8. The molecule has 3 aromatic rings. The van der Waals surface area contributed by atoms with Gasteiger partial charge in [0, 0.05) is 11.3 Å². The van der Waals surface area contributed by atoms with Crippen LogP contribution in [0.5, 0.6) is 11.5 Å². The number of carbonyl (C=O) groups excluding carboxylic acids is 2. The molecule has 0 radical (unpaired) electrons. The quantitative estimate of drug-likeness (QED) is 0.306. The number of ether oxygens (including phenoxy) is 1. The SMILES string of the molecule is COc1cccc(/C(O)=C2\C(=O)C(=O)N(c3ccc(Cl)c(Cl)c3)C2c2cccc(O)c2)c1. The average molecular weight is 470 g/mol. The molecule has 1 aliphatic rings. The number of aromatic hydroxyl groups is 1. The number of aliphatic hydroxyl groups is 1. The van der Waals surface area contributed by atoms with Gasteiger partial charge in [0.1, 0.15) is 17.3 Å². The summed E-state index contributed by atoms with van der Waals surface area (Å²) in [6.45, 7) is 0. The van der Waals surface area contributed by atoms with Crippen molar-refractivity contribution in [1.29, 1.82) is 0 Å². The second kappa shape index (κ2) is 8.57. The van der Waals surface area contributed by atoms with E-state index in [9.17, 15) is 19.8 Å². The molecule has 1 unspecified atom stereocenters. The fourth-order valence-electron chi connectivity index (χ4n) is 3.67. The van der Waals surface area contributed by atoms with E-state index < -0.39 is 17.7 Å². The largest absolute Gasteiger partial charge is 0.508 e. The Hall–Kier alpha value is -3.48. The predicted molar refractivity (Wildman–Crippen MR) is 122 cm³/mol. The van der Waals surface area contributed by atoms with Crippen LogP contribution >= 0.6 is 23.2 Å². The molecule has 4 rings (SSSR count). The van der Waals surface area contributed by atoms with Crippen LogP contribution in [0.4, 0.5) is 5.69 Å². The van der Waals surface area contributed by atoms with Gasteiger partial charge >= 0.3 is 0 Å². The normalized spacial score (nSPS) is 17.6. The summed E-state index contributed by atoms with van der Waals surface area (Å²) >= 11 is 12.2. The van der Waals surface area contributed by atoms with E-state index in [1.807, 2.05) is 0 Å². The topological polar surface area (TPSA) is 87.1 Å². The van der Waals surface area contributed by atoms with Crippen molar-refractivity contribution in [3.05, 3.63) is 93.5 Å². The number of Topliss-reactive ketones (excluding diaryl/α,β-unsaturated/α-hetero) is 1. The van der Waals surface area contributed by atoms with E-state index in [-0.39, 0.29) is 27.1 Å². The van der Waals surface area contributed by atoms with Crippen LogP contribution in [0.2, 0.25) is 10.0 Å². The van der Waals surface area contributed by atoms with Crippen molar-refractivity contribution in [2.45, 2.75) is 6.04 Å². The Morgan fingerprint density at radius 1 is 0.969 bits per heavy atom. The fourth-order valence-corrected chi connectivity index (χ4v) is 3.96. The number of anilines is 1. The van der Waals surface area contributed by atoms with Gasteiger partial charge in [0.15, 0.2) is 0 Å². The van der Waals surface area contributed by atoms with Gasteiger partial charge in [0.05, 0.1) is 28.8 Å². The highest BCUT2D eigenvalue weighted by molar-refractivity contribution is 6.52. The summed E-state index contributed by atoms with van der Waals surface area (Å²) in [5, 5.41) is 21.6. The highest BCUT2D eigenvalue weighted by Gasteiger charge is 2.47. The number of carbonyl (C=O) groups is 2. The highest BCUT2D eigenvalue weighted by Crippen LogP contribution is 2.44. The molecule has 1 saturated heterocycles. The molecule has 32 heavy (non-hydrogen) atoms. The maximum atomic E-state index is 13.1. The molecule has 1 aliphatic heterocycles. The number of amides is 1. The summed E-state index contributed by atoms with van der Waals surface area (Å²) in [7, 11) is 1.48. The molecule has 0 saturated carbocycles. The molecular formula is C24H17Cl2NO5. The lowest BCUT2D eigenvalue weighted by Crippen LogP contribution is -2.29. The van der Waals surface area contributed by atoms with Crippen LogP contribution < -0.4 is 9.64 Å². The highest BCUT2D eigenvalue weighted by atomic mass is 35.5. The number of benzene rings is 3. The minimum absolute atomic E-state index is 0.0522. The van der Waals surface area contributed by atoms with Gasteiger partial charge in [0.2, 0.25) is 0 Å². The smallest absolute Gasteiger partial charge is 0.300 e. The number of ketones is 1.